The van der Waals surface area contributed by atoms with Gasteiger partial charge in [0.1, 0.15) is 5.82 Å². The van der Waals surface area contributed by atoms with E-state index in [2.05, 4.69) is 0 Å². The lowest BCUT2D eigenvalue weighted by atomic mass is 10.1. The van der Waals surface area contributed by atoms with Crippen molar-refractivity contribution in [1.82, 2.24) is 4.90 Å². The predicted octanol–water partition coefficient (Wildman–Crippen LogP) is 0.463. The van der Waals surface area contributed by atoms with Crippen molar-refractivity contribution in [3.8, 4) is 0 Å². The minimum absolute atomic E-state index is 0.0991. The molecule has 1 amide bonds. The summed E-state index contributed by atoms with van der Waals surface area (Å²) in [6, 6.07) is 5.88. The van der Waals surface area contributed by atoms with Crippen LogP contribution >= 0.6 is 0 Å². The van der Waals surface area contributed by atoms with E-state index in [1.165, 1.54) is 12.1 Å². The number of benzene rings is 1. The van der Waals surface area contributed by atoms with Gasteiger partial charge in [0.2, 0.25) is 15.9 Å². The summed E-state index contributed by atoms with van der Waals surface area (Å²) in [5, 5.41) is 4.98. The van der Waals surface area contributed by atoms with Crippen molar-refractivity contribution in [2.45, 2.75) is 13.0 Å². The molecule has 1 aromatic carbocycles. The average Bonchev–Trinajstić information content (AvgIpc) is 2.60. The van der Waals surface area contributed by atoms with Crippen molar-refractivity contribution < 1.29 is 17.6 Å². The number of carbonyl (C=O) groups is 1. The molecule has 0 radical (unpaired) electrons. The Morgan fingerprint density at radius 2 is 1.95 bits per heavy atom. The zero-order valence-electron chi connectivity index (χ0n) is 10.3. The maximum atomic E-state index is 12.8. The highest BCUT2D eigenvalue weighted by Gasteiger charge is 2.31. The molecular weight excluding hydrogens is 271 g/mol. The van der Waals surface area contributed by atoms with Crippen LogP contribution in [0.5, 0.6) is 0 Å². The third-order valence-corrected chi connectivity index (χ3v) is 3.99. The zero-order valence-corrected chi connectivity index (χ0v) is 11.1. The molecule has 1 heterocycles. The number of carbonyl (C=O) groups excluding carboxylic acids is 1. The van der Waals surface area contributed by atoms with E-state index in [4.69, 9.17) is 5.14 Å². The van der Waals surface area contributed by atoms with Crippen LogP contribution in [0.2, 0.25) is 0 Å². The van der Waals surface area contributed by atoms with Crippen LogP contribution < -0.4 is 5.14 Å². The Morgan fingerprint density at radius 1 is 1.32 bits per heavy atom. The van der Waals surface area contributed by atoms with Crippen molar-refractivity contribution in [2.24, 2.45) is 11.1 Å². The molecule has 2 rings (SSSR count). The molecule has 19 heavy (non-hydrogen) atoms. The fourth-order valence-electron chi connectivity index (χ4n) is 2.26. The van der Waals surface area contributed by atoms with Crippen molar-refractivity contribution in [3.05, 3.63) is 35.6 Å². The summed E-state index contributed by atoms with van der Waals surface area (Å²) >= 11 is 0. The number of amides is 1. The summed E-state index contributed by atoms with van der Waals surface area (Å²) in [6.07, 6.45) is 0.192. The molecule has 0 bridgehead atoms. The summed E-state index contributed by atoms with van der Waals surface area (Å²) in [4.78, 5) is 13.3. The molecule has 0 spiro atoms. The first-order valence-corrected chi connectivity index (χ1v) is 7.58. The number of halogens is 1. The van der Waals surface area contributed by atoms with Gasteiger partial charge in [0.15, 0.2) is 0 Å². The van der Waals surface area contributed by atoms with E-state index in [1.54, 1.807) is 17.0 Å². The number of likely N-dealkylation sites (tertiary alicyclic amines) is 1. The van der Waals surface area contributed by atoms with Gasteiger partial charge in [-0.15, -0.1) is 0 Å². The van der Waals surface area contributed by atoms with Crippen LogP contribution in [0.15, 0.2) is 24.3 Å². The molecule has 1 saturated heterocycles. The number of nitrogens with two attached hydrogens (primary N) is 1. The van der Waals surface area contributed by atoms with Crippen molar-refractivity contribution in [2.75, 3.05) is 12.3 Å². The maximum absolute atomic E-state index is 12.8. The molecule has 7 heteroatoms. The largest absolute Gasteiger partial charge is 0.338 e. The van der Waals surface area contributed by atoms with Gasteiger partial charge >= 0.3 is 0 Å². The lowest BCUT2D eigenvalue weighted by Crippen LogP contribution is -2.27. The lowest BCUT2D eigenvalue weighted by Gasteiger charge is -2.16. The van der Waals surface area contributed by atoms with Crippen LogP contribution in [-0.2, 0) is 21.4 Å². The monoisotopic (exact) mass is 286 g/mol. The molecule has 1 aliphatic rings. The number of sulfonamides is 1. The fraction of sp³-hybridized carbons (Fsp3) is 0.417. The minimum atomic E-state index is -3.56. The summed E-state index contributed by atoms with van der Waals surface area (Å²) in [5.74, 6) is -0.872. The second kappa shape index (κ2) is 5.26. The maximum Gasteiger partial charge on any atom is 0.223 e. The van der Waals surface area contributed by atoms with Crippen LogP contribution in [-0.4, -0.2) is 31.5 Å². The molecule has 1 unspecified atom stereocenters. The number of nitrogens with zero attached hydrogens (tertiary/aromatic N) is 1. The van der Waals surface area contributed by atoms with Crippen LogP contribution in [0.4, 0.5) is 4.39 Å². The van der Waals surface area contributed by atoms with Gasteiger partial charge in [-0.3, -0.25) is 4.79 Å². The van der Waals surface area contributed by atoms with Gasteiger partial charge in [-0.1, -0.05) is 12.1 Å². The normalized spacial score (nSPS) is 20.0. The highest BCUT2D eigenvalue weighted by atomic mass is 32.2. The van der Waals surface area contributed by atoms with Gasteiger partial charge in [-0.25, -0.2) is 17.9 Å². The second-order valence-corrected chi connectivity index (χ2v) is 6.46. The highest BCUT2D eigenvalue weighted by molar-refractivity contribution is 7.89. The third kappa shape index (κ3) is 4.00. The summed E-state index contributed by atoms with van der Waals surface area (Å²) < 4.78 is 34.8. The smallest absolute Gasteiger partial charge is 0.223 e. The highest BCUT2D eigenvalue weighted by Crippen LogP contribution is 2.21. The van der Waals surface area contributed by atoms with E-state index in [1.807, 2.05) is 0 Å². The molecule has 1 aliphatic heterocycles. The van der Waals surface area contributed by atoms with Gasteiger partial charge in [0, 0.05) is 25.4 Å². The minimum Gasteiger partial charge on any atom is -0.338 e. The van der Waals surface area contributed by atoms with Gasteiger partial charge in [-0.05, 0) is 17.7 Å². The van der Waals surface area contributed by atoms with Crippen LogP contribution in [0, 0.1) is 11.7 Å². The topological polar surface area (TPSA) is 80.5 Å². The first-order valence-electron chi connectivity index (χ1n) is 5.86. The van der Waals surface area contributed by atoms with Gasteiger partial charge in [-0.2, -0.15) is 0 Å². The summed E-state index contributed by atoms with van der Waals surface area (Å²) in [6.45, 7) is 0.729. The molecule has 0 saturated carbocycles. The van der Waals surface area contributed by atoms with E-state index in [9.17, 15) is 17.6 Å². The van der Waals surface area contributed by atoms with Crippen LogP contribution in [0.25, 0.3) is 0 Å². The Labute approximate surface area is 111 Å². The number of hydrogen-bond acceptors (Lipinski definition) is 3. The van der Waals surface area contributed by atoms with E-state index >= 15 is 0 Å². The molecule has 104 valence electrons. The van der Waals surface area contributed by atoms with Crippen LogP contribution in [0.3, 0.4) is 0 Å². The molecule has 5 nitrogen and oxygen atoms in total. The van der Waals surface area contributed by atoms with E-state index < -0.39 is 10.0 Å². The summed E-state index contributed by atoms with van der Waals surface area (Å²) in [5.41, 5.74) is 0.811. The van der Waals surface area contributed by atoms with Gasteiger partial charge in [0.25, 0.3) is 0 Å². The van der Waals surface area contributed by atoms with Gasteiger partial charge in [0.05, 0.1) is 5.75 Å². The number of rotatable bonds is 4. The Hall–Kier alpha value is -1.47. The van der Waals surface area contributed by atoms with E-state index in [0.717, 1.165) is 5.56 Å². The molecule has 0 aromatic heterocycles. The Bertz CT molecular complexity index is 571. The first-order chi connectivity index (χ1) is 8.83. The first kappa shape index (κ1) is 14.0. The number of hydrogen-bond donors (Lipinski definition) is 1. The zero-order chi connectivity index (χ0) is 14.0. The number of primary sulfonamides is 1. The molecule has 1 atom stereocenters. The average molecular weight is 286 g/mol. The third-order valence-electron chi connectivity index (χ3n) is 3.05. The standard InChI is InChI=1S/C12H15FN2O3S/c13-11-3-1-9(2-4-11)6-15-7-10(5-12(15)16)8-19(14,17)18/h1-4,10H,5-8H2,(H2,14,17,18). The molecule has 0 aliphatic carbocycles. The van der Waals surface area contributed by atoms with Crippen LogP contribution in [0.1, 0.15) is 12.0 Å². The molecule has 2 N–H and O–H groups in total. The van der Waals surface area contributed by atoms with Crippen molar-refractivity contribution in [3.63, 3.8) is 0 Å². The Balaban J connectivity index is 1.98. The fourth-order valence-corrected chi connectivity index (χ4v) is 3.14. The summed E-state index contributed by atoms with van der Waals surface area (Å²) in [7, 11) is -3.56. The van der Waals surface area contributed by atoms with E-state index in [-0.39, 0.29) is 29.8 Å². The molecular formula is C12H15FN2O3S. The quantitative estimate of drug-likeness (QED) is 0.873. The molecule has 1 aromatic rings. The Kier molecular flexibility index (Phi) is 3.86. The van der Waals surface area contributed by atoms with Gasteiger partial charge < -0.3 is 4.90 Å². The Morgan fingerprint density at radius 3 is 2.53 bits per heavy atom. The SMILES string of the molecule is NS(=O)(=O)CC1CC(=O)N(Cc2ccc(F)cc2)C1. The second-order valence-electron chi connectivity index (χ2n) is 4.80. The van der Waals surface area contributed by atoms with E-state index in [0.29, 0.717) is 13.1 Å². The lowest BCUT2D eigenvalue weighted by molar-refractivity contribution is -0.128. The van der Waals surface area contributed by atoms with Crippen molar-refractivity contribution >= 4 is 15.9 Å². The predicted molar refractivity (Wildman–Crippen MR) is 67.9 cm³/mol. The molecule has 1 fully saturated rings. The van der Waals surface area contributed by atoms with Crippen molar-refractivity contribution in [1.29, 1.82) is 0 Å².